The van der Waals surface area contributed by atoms with Gasteiger partial charge >= 0.3 is 5.97 Å². The molecule has 1 aliphatic rings. The van der Waals surface area contributed by atoms with Crippen LogP contribution in [0.3, 0.4) is 0 Å². The van der Waals surface area contributed by atoms with Gasteiger partial charge in [0.1, 0.15) is 11.4 Å². The van der Waals surface area contributed by atoms with Crippen molar-refractivity contribution in [1.29, 1.82) is 0 Å². The van der Waals surface area contributed by atoms with Crippen molar-refractivity contribution in [2.45, 2.75) is 66.0 Å². The third-order valence-corrected chi connectivity index (χ3v) is 6.52. The molecular weight excluding hydrogens is 442 g/mol. The quantitative estimate of drug-likeness (QED) is 0.375. The van der Waals surface area contributed by atoms with E-state index in [4.69, 9.17) is 15.0 Å². The number of benzene rings is 2. The second-order valence-electron chi connectivity index (χ2n) is 10.7. The average Bonchev–Trinajstić information content (AvgIpc) is 3.45. The lowest BCUT2D eigenvalue weighted by atomic mass is 9.97. The van der Waals surface area contributed by atoms with E-state index in [0.717, 1.165) is 50.7 Å². The van der Waals surface area contributed by atoms with Crippen molar-refractivity contribution in [3.05, 3.63) is 52.9 Å². The van der Waals surface area contributed by atoms with E-state index in [1.54, 1.807) is 0 Å². The summed E-state index contributed by atoms with van der Waals surface area (Å²) < 4.78 is 13.1. The Balaban J connectivity index is 1.72. The van der Waals surface area contributed by atoms with Crippen LogP contribution < -0.4 is 5.73 Å². The van der Waals surface area contributed by atoms with Crippen LogP contribution in [0.15, 0.2) is 34.9 Å². The lowest BCUT2D eigenvalue weighted by Crippen LogP contribution is -2.24. The van der Waals surface area contributed by atoms with Gasteiger partial charge in [0.05, 0.1) is 23.2 Å². The molecule has 0 radical (unpaired) electrons. The molecule has 0 bridgehead atoms. The number of hydrogen-bond acceptors (Lipinski definition) is 5. The Hall–Kier alpha value is -3.61. The first kappa shape index (κ1) is 23.1. The SMILES string of the molecule is Cc1noc(C)c1-c1cc(C(N)=O)c2c(c1)c1ccc(CC(=O)OC(C)(C)C)cc1n2CC1CC1. The summed E-state index contributed by atoms with van der Waals surface area (Å²) in [5.41, 5.74) is 11.0. The zero-order valence-corrected chi connectivity index (χ0v) is 20.9. The number of fused-ring (bicyclic) bond motifs is 3. The Morgan fingerprint density at radius 3 is 2.49 bits per heavy atom. The number of nitrogens with two attached hydrogens (primary N) is 1. The van der Waals surface area contributed by atoms with Gasteiger partial charge in [-0.25, -0.2) is 0 Å². The van der Waals surface area contributed by atoms with Gasteiger partial charge in [0.25, 0.3) is 5.91 Å². The van der Waals surface area contributed by atoms with Crippen molar-refractivity contribution >= 4 is 33.7 Å². The lowest BCUT2D eigenvalue weighted by molar-refractivity contribution is -0.153. The number of primary amides is 1. The Bertz CT molecular complexity index is 1460. The molecule has 1 fully saturated rings. The molecule has 2 aromatic heterocycles. The second kappa shape index (κ2) is 8.26. The summed E-state index contributed by atoms with van der Waals surface area (Å²) in [5.74, 6) is 0.530. The van der Waals surface area contributed by atoms with Gasteiger partial charge in [-0.05, 0) is 82.7 Å². The Morgan fingerprint density at radius 2 is 1.89 bits per heavy atom. The van der Waals surface area contributed by atoms with Crippen LogP contribution in [0.25, 0.3) is 32.9 Å². The fourth-order valence-electron chi connectivity index (χ4n) is 4.91. The molecule has 2 N–H and O–H groups in total. The number of aryl methyl sites for hydroxylation is 2. The number of hydrogen-bond donors (Lipinski definition) is 1. The monoisotopic (exact) mass is 473 g/mol. The van der Waals surface area contributed by atoms with E-state index in [1.165, 1.54) is 12.8 Å². The molecule has 7 nitrogen and oxygen atoms in total. The second-order valence-corrected chi connectivity index (χ2v) is 10.7. The van der Waals surface area contributed by atoms with Gasteiger partial charge in [0.15, 0.2) is 0 Å². The van der Waals surface area contributed by atoms with E-state index in [-0.39, 0.29) is 12.4 Å². The van der Waals surface area contributed by atoms with E-state index in [0.29, 0.717) is 17.2 Å². The van der Waals surface area contributed by atoms with Gasteiger partial charge < -0.3 is 19.6 Å². The minimum absolute atomic E-state index is 0.186. The molecule has 7 heteroatoms. The molecule has 1 saturated carbocycles. The molecule has 35 heavy (non-hydrogen) atoms. The molecule has 0 spiro atoms. The fourth-order valence-corrected chi connectivity index (χ4v) is 4.91. The molecule has 4 aromatic rings. The van der Waals surface area contributed by atoms with Crippen molar-refractivity contribution in [2.75, 3.05) is 0 Å². The molecule has 2 heterocycles. The highest BCUT2D eigenvalue weighted by molar-refractivity contribution is 6.17. The van der Waals surface area contributed by atoms with Crippen molar-refractivity contribution in [1.82, 2.24) is 9.72 Å². The largest absolute Gasteiger partial charge is 0.460 e. The van der Waals surface area contributed by atoms with Crippen LogP contribution >= 0.6 is 0 Å². The molecule has 0 unspecified atom stereocenters. The summed E-state index contributed by atoms with van der Waals surface area (Å²) >= 11 is 0. The molecular formula is C28H31N3O4. The van der Waals surface area contributed by atoms with E-state index >= 15 is 0 Å². The first-order chi connectivity index (χ1) is 16.5. The zero-order chi connectivity index (χ0) is 25.1. The number of aromatic nitrogens is 2. The normalized spacial score (nSPS) is 14.1. The van der Waals surface area contributed by atoms with E-state index < -0.39 is 11.5 Å². The van der Waals surface area contributed by atoms with Crippen molar-refractivity contribution in [3.8, 4) is 11.1 Å². The Kier molecular flexibility index (Phi) is 5.46. The lowest BCUT2D eigenvalue weighted by Gasteiger charge is -2.19. The molecule has 182 valence electrons. The minimum atomic E-state index is -0.535. The number of carbonyl (C=O) groups excluding carboxylic acids is 2. The third-order valence-electron chi connectivity index (χ3n) is 6.52. The van der Waals surface area contributed by atoms with Gasteiger partial charge in [0.2, 0.25) is 0 Å². The van der Waals surface area contributed by atoms with E-state index in [9.17, 15) is 9.59 Å². The van der Waals surface area contributed by atoms with E-state index in [1.807, 2.05) is 58.9 Å². The molecule has 1 amide bonds. The number of nitrogens with zero attached hydrogens (tertiary/aromatic N) is 2. The topological polar surface area (TPSA) is 100 Å². The number of carbonyl (C=O) groups is 2. The smallest absolute Gasteiger partial charge is 0.310 e. The standard InChI is InChI=1S/C28H31N3O4/c1-15-25(16(2)35-30-15)19-12-21-20-9-8-18(11-24(32)34-28(3,4)5)10-23(20)31(14-17-6-7-17)26(21)22(13-19)27(29)33/h8-10,12-13,17H,6-7,11,14H2,1-5H3,(H2,29,33). The Morgan fingerprint density at radius 1 is 1.14 bits per heavy atom. The average molecular weight is 474 g/mol. The summed E-state index contributed by atoms with van der Waals surface area (Å²) in [6.07, 6.45) is 2.52. The van der Waals surface area contributed by atoms with Crippen molar-refractivity contribution in [2.24, 2.45) is 11.7 Å². The van der Waals surface area contributed by atoms with Crippen LogP contribution in [-0.2, 0) is 22.5 Å². The zero-order valence-electron chi connectivity index (χ0n) is 20.9. The summed E-state index contributed by atoms with van der Waals surface area (Å²) in [7, 11) is 0. The molecule has 1 aliphatic carbocycles. The van der Waals surface area contributed by atoms with Crippen LogP contribution in [0.1, 0.15) is 61.0 Å². The first-order valence-corrected chi connectivity index (χ1v) is 12.1. The summed E-state index contributed by atoms with van der Waals surface area (Å²) in [6, 6.07) is 9.97. The number of rotatable bonds is 6. The van der Waals surface area contributed by atoms with Crippen molar-refractivity contribution in [3.63, 3.8) is 0 Å². The minimum Gasteiger partial charge on any atom is -0.460 e. The van der Waals surface area contributed by atoms with Crippen LogP contribution in [0, 0.1) is 19.8 Å². The highest BCUT2D eigenvalue weighted by Gasteiger charge is 2.27. The summed E-state index contributed by atoms with van der Waals surface area (Å²) in [6.45, 7) is 10.2. The maximum Gasteiger partial charge on any atom is 0.310 e. The van der Waals surface area contributed by atoms with Gasteiger partial charge in [-0.3, -0.25) is 9.59 Å². The summed E-state index contributed by atoms with van der Waals surface area (Å²) in [5, 5.41) is 6.06. The van der Waals surface area contributed by atoms with Gasteiger partial charge in [0, 0.05) is 28.4 Å². The molecule has 5 rings (SSSR count). The number of ether oxygens (including phenoxy) is 1. The number of esters is 1. The predicted octanol–water partition coefficient (Wildman–Crippen LogP) is 5.46. The van der Waals surface area contributed by atoms with Gasteiger partial charge in [-0.1, -0.05) is 17.3 Å². The maximum absolute atomic E-state index is 12.7. The predicted molar refractivity (Wildman–Crippen MR) is 135 cm³/mol. The number of amides is 1. The fraction of sp³-hybridized carbons (Fsp3) is 0.393. The van der Waals surface area contributed by atoms with Crippen LogP contribution in [0.2, 0.25) is 0 Å². The molecule has 0 aliphatic heterocycles. The Labute approximate surface area is 204 Å². The van der Waals surface area contributed by atoms with Crippen LogP contribution in [0.5, 0.6) is 0 Å². The first-order valence-electron chi connectivity index (χ1n) is 12.1. The van der Waals surface area contributed by atoms with Crippen LogP contribution in [-0.4, -0.2) is 27.2 Å². The van der Waals surface area contributed by atoms with Gasteiger partial charge in [-0.15, -0.1) is 0 Å². The highest BCUT2D eigenvalue weighted by Crippen LogP contribution is 2.40. The molecule has 2 aromatic carbocycles. The third kappa shape index (κ3) is 4.43. The van der Waals surface area contributed by atoms with Crippen molar-refractivity contribution < 1.29 is 18.8 Å². The summed E-state index contributed by atoms with van der Waals surface area (Å²) in [4.78, 5) is 25.2. The maximum atomic E-state index is 12.7. The van der Waals surface area contributed by atoms with Gasteiger partial charge in [-0.2, -0.15) is 0 Å². The molecule has 0 atom stereocenters. The highest BCUT2D eigenvalue weighted by atomic mass is 16.6. The molecule has 0 saturated heterocycles. The van der Waals surface area contributed by atoms with E-state index in [2.05, 4.69) is 15.8 Å². The van der Waals surface area contributed by atoms with Crippen LogP contribution in [0.4, 0.5) is 0 Å².